The molecule has 1 aromatic heterocycles. The van der Waals surface area contributed by atoms with Gasteiger partial charge in [0, 0.05) is 18.7 Å². The first kappa shape index (κ1) is 11.9. The summed E-state index contributed by atoms with van der Waals surface area (Å²) >= 11 is 0. The first-order valence-electron chi connectivity index (χ1n) is 5.77. The van der Waals surface area contributed by atoms with E-state index in [0.717, 1.165) is 19.3 Å². The van der Waals surface area contributed by atoms with Gasteiger partial charge in [-0.25, -0.2) is 4.79 Å². The van der Waals surface area contributed by atoms with Crippen LogP contribution in [0.5, 0.6) is 0 Å². The number of rotatable bonds is 4. The number of aromatic carboxylic acids is 1. The fraction of sp³-hybridized carbons (Fsp3) is 0.500. The molecule has 3 N–H and O–H groups in total. The number of carboxylic acid groups (broad SMARTS) is 1. The van der Waals surface area contributed by atoms with E-state index in [1.807, 2.05) is 0 Å². The Kier molecular flexibility index (Phi) is 3.58. The number of anilines is 1. The van der Waals surface area contributed by atoms with Crippen LogP contribution < -0.4 is 5.32 Å². The van der Waals surface area contributed by atoms with Gasteiger partial charge in [0.1, 0.15) is 0 Å². The summed E-state index contributed by atoms with van der Waals surface area (Å²) in [5, 5.41) is 21.7. The number of aliphatic hydroxyl groups excluding tert-OH is 1. The molecular weight excluding hydrogens is 220 g/mol. The van der Waals surface area contributed by atoms with Crippen molar-refractivity contribution in [3.8, 4) is 0 Å². The van der Waals surface area contributed by atoms with Gasteiger partial charge >= 0.3 is 5.97 Å². The topological polar surface area (TPSA) is 82.5 Å². The standard InChI is InChI=1S/C12H16N2O3/c15-11-3-1-2-8(11)6-14-10-7-13-5-4-9(10)12(16)17/h4-5,7-8,11,14-15H,1-3,6H2,(H,16,17). The normalized spacial score (nSPS) is 23.6. The molecule has 2 atom stereocenters. The smallest absolute Gasteiger partial charge is 0.337 e. The third-order valence-corrected chi connectivity index (χ3v) is 3.23. The zero-order chi connectivity index (χ0) is 12.3. The molecule has 1 aliphatic carbocycles. The van der Waals surface area contributed by atoms with E-state index in [0.29, 0.717) is 12.2 Å². The lowest BCUT2D eigenvalue weighted by Crippen LogP contribution is -2.22. The Morgan fingerprint density at radius 2 is 2.35 bits per heavy atom. The van der Waals surface area contributed by atoms with E-state index in [9.17, 15) is 9.90 Å². The van der Waals surface area contributed by atoms with E-state index < -0.39 is 5.97 Å². The summed E-state index contributed by atoms with van der Waals surface area (Å²) in [4.78, 5) is 14.9. The minimum absolute atomic E-state index is 0.205. The molecule has 5 nitrogen and oxygen atoms in total. The minimum atomic E-state index is -0.970. The second-order valence-electron chi connectivity index (χ2n) is 4.37. The first-order valence-corrected chi connectivity index (χ1v) is 5.77. The van der Waals surface area contributed by atoms with Crippen molar-refractivity contribution in [1.82, 2.24) is 4.98 Å². The maximum absolute atomic E-state index is 11.0. The monoisotopic (exact) mass is 236 g/mol. The average Bonchev–Trinajstić information content (AvgIpc) is 2.72. The summed E-state index contributed by atoms with van der Waals surface area (Å²) in [5.74, 6) is -0.765. The van der Waals surface area contributed by atoms with E-state index in [1.165, 1.54) is 18.5 Å². The zero-order valence-electron chi connectivity index (χ0n) is 9.47. The minimum Gasteiger partial charge on any atom is -0.478 e. The van der Waals surface area contributed by atoms with Gasteiger partial charge in [0.15, 0.2) is 0 Å². The Bertz CT molecular complexity index is 408. The Morgan fingerprint density at radius 3 is 3.00 bits per heavy atom. The Balaban J connectivity index is 2.01. The van der Waals surface area contributed by atoms with Crippen molar-refractivity contribution in [3.63, 3.8) is 0 Å². The number of nitrogens with zero attached hydrogens (tertiary/aromatic N) is 1. The number of hydrogen-bond acceptors (Lipinski definition) is 4. The van der Waals surface area contributed by atoms with E-state index in [4.69, 9.17) is 5.11 Å². The van der Waals surface area contributed by atoms with E-state index >= 15 is 0 Å². The maximum Gasteiger partial charge on any atom is 0.337 e. The second-order valence-corrected chi connectivity index (χ2v) is 4.37. The molecule has 0 aliphatic heterocycles. The number of carboxylic acids is 1. The largest absolute Gasteiger partial charge is 0.478 e. The lowest BCUT2D eigenvalue weighted by atomic mass is 10.1. The van der Waals surface area contributed by atoms with Crippen LogP contribution in [0.25, 0.3) is 0 Å². The Morgan fingerprint density at radius 1 is 1.53 bits per heavy atom. The van der Waals surface area contributed by atoms with Crippen LogP contribution in [0.4, 0.5) is 5.69 Å². The van der Waals surface area contributed by atoms with Crippen LogP contribution in [0.2, 0.25) is 0 Å². The molecule has 92 valence electrons. The number of carbonyl (C=O) groups is 1. The van der Waals surface area contributed by atoms with E-state index in [-0.39, 0.29) is 17.6 Å². The Hall–Kier alpha value is -1.62. The van der Waals surface area contributed by atoms with Crippen molar-refractivity contribution in [2.75, 3.05) is 11.9 Å². The highest BCUT2D eigenvalue weighted by Gasteiger charge is 2.25. The molecule has 0 radical (unpaired) electrons. The summed E-state index contributed by atoms with van der Waals surface area (Å²) in [5.41, 5.74) is 0.728. The van der Waals surface area contributed by atoms with Gasteiger partial charge in [-0.15, -0.1) is 0 Å². The van der Waals surface area contributed by atoms with Gasteiger partial charge in [0.05, 0.1) is 23.6 Å². The molecule has 0 saturated heterocycles. The van der Waals surface area contributed by atoms with Crippen LogP contribution in [0.3, 0.4) is 0 Å². The molecule has 5 heteroatoms. The van der Waals surface area contributed by atoms with Crippen LogP contribution in [0.1, 0.15) is 29.6 Å². The third kappa shape index (κ3) is 2.74. The van der Waals surface area contributed by atoms with Gasteiger partial charge in [-0.3, -0.25) is 4.98 Å². The second kappa shape index (κ2) is 5.14. The summed E-state index contributed by atoms with van der Waals surface area (Å²) in [6.07, 6.45) is 5.55. The van der Waals surface area contributed by atoms with Crippen LogP contribution in [-0.2, 0) is 0 Å². The van der Waals surface area contributed by atoms with Crippen molar-refractivity contribution in [3.05, 3.63) is 24.0 Å². The van der Waals surface area contributed by atoms with Crippen LogP contribution >= 0.6 is 0 Å². The van der Waals surface area contributed by atoms with Gasteiger partial charge < -0.3 is 15.5 Å². The SMILES string of the molecule is O=C(O)c1ccncc1NCC1CCCC1O. The lowest BCUT2D eigenvalue weighted by molar-refractivity contribution is 0.0698. The number of aliphatic hydroxyl groups is 1. The predicted octanol–water partition coefficient (Wildman–Crippen LogP) is 1.35. The Labute approximate surface area is 99.5 Å². The molecule has 1 aliphatic rings. The molecular formula is C12H16N2O3. The number of nitrogens with one attached hydrogen (secondary N) is 1. The molecule has 0 amide bonds. The maximum atomic E-state index is 11.0. The van der Waals surface area contributed by atoms with Gasteiger partial charge in [-0.1, -0.05) is 6.42 Å². The highest BCUT2D eigenvalue weighted by atomic mass is 16.4. The van der Waals surface area contributed by atoms with Crippen LogP contribution in [0.15, 0.2) is 18.5 Å². The average molecular weight is 236 g/mol. The molecule has 1 saturated carbocycles. The number of pyridine rings is 1. The number of hydrogen-bond donors (Lipinski definition) is 3. The third-order valence-electron chi connectivity index (χ3n) is 3.23. The van der Waals surface area contributed by atoms with Crippen molar-refractivity contribution in [2.24, 2.45) is 5.92 Å². The molecule has 1 heterocycles. The summed E-state index contributed by atoms with van der Waals surface area (Å²) in [6, 6.07) is 1.47. The highest BCUT2D eigenvalue weighted by molar-refractivity contribution is 5.93. The van der Waals surface area contributed by atoms with Crippen molar-refractivity contribution in [2.45, 2.75) is 25.4 Å². The molecule has 17 heavy (non-hydrogen) atoms. The van der Waals surface area contributed by atoms with Gasteiger partial charge in [0.2, 0.25) is 0 Å². The molecule has 0 spiro atoms. The van der Waals surface area contributed by atoms with Crippen LogP contribution in [-0.4, -0.2) is 33.8 Å². The van der Waals surface area contributed by atoms with Gasteiger partial charge in [-0.2, -0.15) is 0 Å². The highest BCUT2D eigenvalue weighted by Crippen LogP contribution is 2.26. The molecule has 1 fully saturated rings. The quantitative estimate of drug-likeness (QED) is 0.735. The number of aromatic nitrogens is 1. The van der Waals surface area contributed by atoms with Gasteiger partial charge in [-0.05, 0) is 18.9 Å². The fourth-order valence-corrected chi connectivity index (χ4v) is 2.22. The van der Waals surface area contributed by atoms with Crippen molar-refractivity contribution >= 4 is 11.7 Å². The predicted molar refractivity (Wildman–Crippen MR) is 63.0 cm³/mol. The molecule has 1 aromatic rings. The first-order chi connectivity index (χ1) is 8.18. The fourth-order valence-electron chi connectivity index (χ4n) is 2.22. The van der Waals surface area contributed by atoms with E-state index in [2.05, 4.69) is 10.3 Å². The summed E-state index contributed by atoms with van der Waals surface area (Å²) in [7, 11) is 0. The summed E-state index contributed by atoms with van der Waals surface area (Å²) in [6.45, 7) is 0.590. The van der Waals surface area contributed by atoms with E-state index in [1.54, 1.807) is 0 Å². The lowest BCUT2D eigenvalue weighted by Gasteiger charge is -2.16. The van der Waals surface area contributed by atoms with Crippen LogP contribution in [0, 0.1) is 5.92 Å². The molecule has 2 unspecified atom stereocenters. The molecule has 2 rings (SSSR count). The molecule has 0 aromatic carbocycles. The zero-order valence-corrected chi connectivity index (χ0v) is 9.47. The van der Waals surface area contributed by atoms with Crippen molar-refractivity contribution in [1.29, 1.82) is 0 Å². The summed E-state index contributed by atoms with van der Waals surface area (Å²) < 4.78 is 0. The van der Waals surface area contributed by atoms with Gasteiger partial charge in [0.25, 0.3) is 0 Å². The molecule has 0 bridgehead atoms. The van der Waals surface area contributed by atoms with Crippen molar-refractivity contribution < 1.29 is 15.0 Å².